The van der Waals surface area contributed by atoms with Crippen LogP contribution in [0.4, 0.5) is 14.5 Å². The lowest BCUT2D eigenvalue weighted by atomic mass is 9.86. The highest BCUT2D eigenvalue weighted by molar-refractivity contribution is 5.78. The smallest absolute Gasteiger partial charge is 0.214 e. The number of nitrogens with zero attached hydrogens (tertiary/aromatic N) is 1. The van der Waals surface area contributed by atoms with Crippen molar-refractivity contribution in [1.29, 1.82) is 0 Å². The molecule has 22 heavy (non-hydrogen) atoms. The topological polar surface area (TPSA) is 20.3 Å². The molecule has 114 valence electrons. The first-order valence-electron chi connectivity index (χ1n) is 7.42. The number of carbonyl (C=O) groups is 1. The highest BCUT2D eigenvalue weighted by Gasteiger charge is 2.41. The summed E-state index contributed by atoms with van der Waals surface area (Å²) in [6, 6.07) is 12.9. The van der Waals surface area contributed by atoms with Crippen LogP contribution in [0.3, 0.4) is 0 Å². The Morgan fingerprint density at radius 3 is 2.09 bits per heavy atom. The van der Waals surface area contributed by atoms with E-state index in [1.54, 1.807) is 0 Å². The maximum atomic E-state index is 13.6. The second-order valence-corrected chi connectivity index (χ2v) is 5.71. The summed E-state index contributed by atoms with van der Waals surface area (Å²) in [5, 5.41) is 0. The highest BCUT2D eigenvalue weighted by Crippen LogP contribution is 2.45. The molecule has 0 spiro atoms. The largest absolute Gasteiger partial charge is 0.305 e. The van der Waals surface area contributed by atoms with Crippen molar-refractivity contribution >= 4 is 12.1 Å². The molecule has 1 fully saturated rings. The summed E-state index contributed by atoms with van der Waals surface area (Å²) in [6.45, 7) is 0. The van der Waals surface area contributed by atoms with Gasteiger partial charge in [0.2, 0.25) is 6.41 Å². The first kappa shape index (κ1) is 14.7. The molecule has 0 radical (unpaired) electrons. The molecule has 0 saturated heterocycles. The fourth-order valence-electron chi connectivity index (χ4n) is 3.46. The molecule has 0 atom stereocenters. The zero-order valence-corrected chi connectivity index (χ0v) is 12.1. The van der Waals surface area contributed by atoms with Gasteiger partial charge in [0.25, 0.3) is 0 Å². The first-order valence-corrected chi connectivity index (χ1v) is 7.42. The van der Waals surface area contributed by atoms with Crippen molar-refractivity contribution in [3.8, 4) is 0 Å². The van der Waals surface area contributed by atoms with E-state index in [1.165, 1.54) is 17.0 Å². The summed E-state index contributed by atoms with van der Waals surface area (Å²) < 4.78 is 27.1. The fraction of sp³-hybridized carbons (Fsp3) is 0.278. The third kappa shape index (κ3) is 2.49. The number of benzene rings is 2. The van der Waals surface area contributed by atoms with E-state index in [0.717, 1.165) is 37.3 Å². The third-order valence-corrected chi connectivity index (χ3v) is 4.43. The van der Waals surface area contributed by atoms with Crippen molar-refractivity contribution in [1.82, 2.24) is 0 Å². The average molecular weight is 301 g/mol. The van der Waals surface area contributed by atoms with Gasteiger partial charge in [-0.3, -0.25) is 4.79 Å². The van der Waals surface area contributed by atoms with Crippen molar-refractivity contribution in [2.45, 2.75) is 31.2 Å². The minimum absolute atomic E-state index is 0.262. The van der Waals surface area contributed by atoms with Gasteiger partial charge < -0.3 is 4.90 Å². The van der Waals surface area contributed by atoms with Gasteiger partial charge >= 0.3 is 0 Å². The summed E-state index contributed by atoms with van der Waals surface area (Å²) in [7, 11) is 0. The van der Waals surface area contributed by atoms with E-state index < -0.39 is 17.2 Å². The summed E-state index contributed by atoms with van der Waals surface area (Å²) >= 11 is 0. The minimum atomic E-state index is -0.678. The third-order valence-electron chi connectivity index (χ3n) is 4.43. The van der Waals surface area contributed by atoms with Crippen molar-refractivity contribution in [2.24, 2.45) is 0 Å². The van der Waals surface area contributed by atoms with Crippen molar-refractivity contribution < 1.29 is 13.6 Å². The Labute approximate surface area is 128 Å². The quantitative estimate of drug-likeness (QED) is 0.767. The normalized spacial score (nSPS) is 16.5. The van der Waals surface area contributed by atoms with Gasteiger partial charge in [0.1, 0.15) is 11.6 Å². The Balaban J connectivity index is 2.11. The maximum absolute atomic E-state index is 13.6. The molecule has 1 aliphatic carbocycles. The van der Waals surface area contributed by atoms with Crippen LogP contribution in [0.25, 0.3) is 0 Å². The molecule has 0 bridgehead atoms. The molecular weight excluding hydrogens is 284 g/mol. The average Bonchev–Trinajstić information content (AvgIpc) is 2.99. The molecule has 1 saturated carbocycles. The standard InChI is InChI=1S/C18H17F2NO/c19-15-10-16(20)12-17(11-15)21(13-22)18(8-4-5-9-18)14-6-2-1-3-7-14/h1-3,6-7,10-13H,4-5,8-9H2. The number of carbonyl (C=O) groups excluding carboxylic acids is 1. The number of hydrogen-bond donors (Lipinski definition) is 0. The summed E-state index contributed by atoms with van der Waals surface area (Å²) in [5.74, 6) is -1.36. The van der Waals surface area contributed by atoms with E-state index in [-0.39, 0.29) is 5.69 Å². The molecule has 0 aromatic heterocycles. The van der Waals surface area contributed by atoms with Gasteiger partial charge in [0.05, 0.1) is 11.2 Å². The summed E-state index contributed by atoms with van der Waals surface area (Å²) in [4.78, 5) is 13.3. The van der Waals surface area contributed by atoms with E-state index in [2.05, 4.69) is 0 Å². The molecule has 2 nitrogen and oxygen atoms in total. The van der Waals surface area contributed by atoms with Crippen molar-refractivity contribution in [3.05, 3.63) is 65.7 Å². The Kier molecular flexibility index (Phi) is 3.92. The van der Waals surface area contributed by atoms with Gasteiger partial charge in [-0.1, -0.05) is 43.2 Å². The van der Waals surface area contributed by atoms with Crippen LogP contribution in [0.15, 0.2) is 48.5 Å². The second kappa shape index (κ2) is 5.87. The molecule has 3 rings (SSSR count). The van der Waals surface area contributed by atoms with Gasteiger partial charge in [-0.2, -0.15) is 0 Å². The molecule has 0 N–H and O–H groups in total. The van der Waals surface area contributed by atoms with E-state index in [0.29, 0.717) is 6.41 Å². The van der Waals surface area contributed by atoms with Crippen molar-refractivity contribution in [3.63, 3.8) is 0 Å². The summed E-state index contributed by atoms with van der Waals surface area (Å²) in [5.41, 5.74) is 0.742. The first-order chi connectivity index (χ1) is 10.7. The monoisotopic (exact) mass is 301 g/mol. The molecule has 2 aromatic rings. The van der Waals surface area contributed by atoms with Gasteiger partial charge in [0.15, 0.2) is 0 Å². The Morgan fingerprint density at radius 2 is 1.55 bits per heavy atom. The van der Waals surface area contributed by atoms with Gasteiger partial charge in [-0.25, -0.2) is 8.78 Å². The Hall–Kier alpha value is -2.23. The van der Waals surface area contributed by atoms with Gasteiger partial charge in [-0.15, -0.1) is 0 Å². The van der Waals surface area contributed by atoms with Crippen LogP contribution >= 0.6 is 0 Å². The number of hydrogen-bond acceptors (Lipinski definition) is 1. The predicted molar refractivity (Wildman–Crippen MR) is 81.5 cm³/mol. The number of anilines is 1. The zero-order chi connectivity index (χ0) is 15.6. The van der Waals surface area contributed by atoms with Crippen LogP contribution in [0.1, 0.15) is 31.2 Å². The molecule has 0 unspecified atom stereocenters. The Morgan fingerprint density at radius 1 is 0.955 bits per heavy atom. The van der Waals surface area contributed by atoms with Crippen LogP contribution < -0.4 is 4.90 Å². The Bertz CT molecular complexity index is 646. The van der Waals surface area contributed by atoms with Crippen LogP contribution in [0.5, 0.6) is 0 Å². The van der Waals surface area contributed by atoms with Crippen LogP contribution in [-0.4, -0.2) is 6.41 Å². The zero-order valence-electron chi connectivity index (χ0n) is 12.1. The number of amides is 1. The fourth-order valence-corrected chi connectivity index (χ4v) is 3.46. The molecule has 0 heterocycles. The molecule has 1 aliphatic rings. The van der Waals surface area contributed by atoms with E-state index >= 15 is 0 Å². The lowest BCUT2D eigenvalue weighted by Crippen LogP contribution is -2.43. The molecule has 0 aliphatic heterocycles. The SMILES string of the molecule is O=CN(c1cc(F)cc(F)c1)C1(c2ccccc2)CCCC1. The van der Waals surface area contributed by atoms with E-state index in [9.17, 15) is 13.6 Å². The lowest BCUT2D eigenvalue weighted by Gasteiger charge is -2.39. The van der Waals surface area contributed by atoms with Crippen LogP contribution in [-0.2, 0) is 10.3 Å². The summed E-state index contributed by atoms with van der Waals surface area (Å²) in [6.07, 6.45) is 4.22. The second-order valence-electron chi connectivity index (χ2n) is 5.71. The predicted octanol–water partition coefficient (Wildman–Crippen LogP) is 4.40. The highest BCUT2D eigenvalue weighted by atomic mass is 19.1. The minimum Gasteiger partial charge on any atom is -0.305 e. The van der Waals surface area contributed by atoms with E-state index in [1.807, 2.05) is 30.3 Å². The number of halogens is 2. The van der Waals surface area contributed by atoms with E-state index in [4.69, 9.17) is 0 Å². The lowest BCUT2D eigenvalue weighted by molar-refractivity contribution is -0.108. The van der Waals surface area contributed by atoms with Gasteiger partial charge in [0, 0.05) is 6.07 Å². The molecule has 1 amide bonds. The molecule has 2 aromatic carbocycles. The van der Waals surface area contributed by atoms with Crippen LogP contribution in [0, 0.1) is 11.6 Å². The van der Waals surface area contributed by atoms with Crippen LogP contribution in [0.2, 0.25) is 0 Å². The molecule has 4 heteroatoms. The molecular formula is C18H17F2NO. The van der Waals surface area contributed by atoms with Gasteiger partial charge in [-0.05, 0) is 30.5 Å². The number of rotatable bonds is 4. The van der Waals surface area contributed by atoms with Crippen molar-refractivity contribution in [2.75, 3.05) is 4.90 Å². The maximum Gasteiger partial charge on any atom is 0.214 e.